The van der Waals surface area contributed by atoms with Crippen molar-refractivity contribution in [3.8, 4) is 0 Å². The van der Waals surface area contributed by atoms with Crippen molar-refractivity contribution >= 4 is 0 Å². The van der Waals surface area contributed by atoms with Gasteiger partial charge in [0.25, 0.3) is 0 Å². The van der Waals surface area contributed by atoms with Crippen LogP contribution in [0.1, 0.15) is 65.2 Å². The Morgan fingerprint density at radius 1 is 0.933 bits per heavy atom. The lowest BCUT2D eigenvalue weighted by Gasteiger charge is -2.16. The van der Waals surface area contributed by atoms with Gasteiger partial charge in [-0.1, -0.05) is 39.5 Å². The summed E-state index contributed by atoms with van der Waals surface area (Å²) in [7, 11) is 0. The smallest absolute Gasteiger partial charge is 0.0823 e. The molecule has 0 aliphatic heterocycles. The SMILES string of the molecule is CCCCCCOC(CCC)CCC[O]. The largest absolute Gasteiger partial charge is 0.378 e. The fourth-order valence-electron chi connectivity index (χ4n) is 1.72. The van der Waals surface area contributed by atoms with Crippen LogP contribution in [0.2, 0.25) is 0 Å². The summed E-state index contributed by atoms with van der Waals surface area (Å²) < 4.78 is 5.79. The van der Waals surface area contributed by atoms with Crippen molar-refractivity contribution in [1.82, 2.24) is 0 Å². The van der Waals surface area contributed by atoms with Gasteiger partial charge in [-0.2, -0.15) is 0 Å². The van der Waals surface area contributed by atoms with Crippen LogP contribution in [0.5, 0.6) is 0 Å². The second-order valence-corrected chi connectivity index (χ2v) is 4.19. The van der Waals surface area contributed by atoms with Gasteiger partial charge in [0.2, 0.25) is 0 Å². The van der Waals surface area contributed by atoms with Crippen LogP contribution < -0.4 is 0 Å². The Bertz CT molecular complexity index is 115. The van der Waals surface area contributed by atoms with Crippen LogP contribution in [0.25, 0.3) is 0 Å². The highest BCUT2D eigenvalue weighted by Gasteiger charge is 2.07. The number of hydrogen-bond acceptors (Lipinski definition) is 1. The molecule has 2 nitrogen and oxygen atoms in total. The first-order valence-corrected chi connectivity index (χ1v) is 6.54. The predicted octanol–water partition coefficient (Wildman–Crippen LogP) is 3.96. The molecule has 0 saturated carbocycles. The summed E-state index contributed by atoms with van der Waals surface area (Å²) in [5.74, 6) is 0. The van der Waals surface area contributed by atoms with Crippen LogP contribution in [-0.4, -0.2) is 19.3 Å². The fourth-order valence-corrected chi connectivity index (χ4v) is 1.72. The highest BCUT2D eigenvalue weighted by Crippen LogP contribution is 2.10. The van der Waals surface area contributed by atoms with Gasteiger partial charge in [0.15, 0.2) is 0 Å². The fraction of sp³-hybridized carbons (Fsp3) is 1.00. The molecule has 1 atom stereocenters. The van der Waals surface area contributed by atoms with Gasteiger partial charge in [-0.15, -0.1) is 0 Å². The minimum atomic E-state index is 0.0411. The first-order valence-electron chi connectivity index (χ1n) is 6.54. The Hall–Kier alpha value is -0.0800. The summed E-state index contributed by atoms with van der Waals surface area (Å²) in [6.45, 7) is 5.31. The first kappa shape index (κ1) is 14.9. The molecule has 0 rings (SSSR count). The Balaban J connectivity index is 3.38. The van der Waals surface area contributed by atoms with Gasteiger partial charge >= 0.3 is 0 Å². The summed E-state index contributed by atoms with van der Waals surface area (Å²) in [6, 6.07) is 0. The maximum Gasteiger partial charge on any atom is 0.0823 e. The molecule has 1 radical (unpaired) electrons. The molecule has 0 saturated heterocycles. The Kier molecular flexibility index (Phi) is 11.9. The van der Waals surface area contributed by atoms with Crippen molar-refractivity contribution in [1.29, 1.82) is 0 Å². The average molecular weight is 215 g/mol. The summed E-state index contributed by atoms with van der Waals surface area (Å²) in [6.07, 6.45) is 9.33. The monoisotopic (exact) mass is 215 g/mol. The molecular weight excluding hydrogens is 188 g/mol. The number of rotatable bonds is 11. The Morgan fingerprint density at radius 3 is 2.33 bits per heavy atom. The third-order valence-electron chi connectivity index (χ3n) is 2.63. The minimum absolute atomic E-state index is 0.0411. The first-order chi connectivity index (χ1) is 7.35. The molecule has 0 aliphatic rings. The quantitative estimate of drug-likeness (QED) is 0.480. The average Bonchev–Trinajstić information content (AvgIpc) is 2.25. The molecule has 91 valence electrons. The van der Waals surface area contributed by atoms with Crippen molar-refractivity contribution in [3.05, 3.63) is 0 Å². The lowest BCUT2D eigenvalue weighted by atomic mass is 10.1. The molecule has 0 heterocycles. The van der Waals surface area contributed by atoms with Crippen LogP contribution in [0.3, 0.4) is 0 Å². The lowest BCUT2D eigenvalue weighted by Crippen LogP contribution is -2.14. The van der Waals surface area contributed by atoms with E-state index < -0.39 is 0 Å². The molecule has 0 aromatic rings. The minimum Gasteiger partial charge on any atom is -0.378 e. The zero-order valence-corrected chi connectivity index (χ0v) is 10.5. The van der Waals surface area contributed by atoms with E-state index in [1.165, 1.54) is 25.7 Å². The standard InChI is InChI=1S/C13H27O2/c1-3-5-6-7-12-15-13(9-4-2)10-8-11-14/h13H,3-12H2,1-2H3. The Labute approximate surface area is 95.0 Å². The van der Waals surface area contributed by atoms with Gasteiger partial charge in [-0.25, -0.2) is 5.11 Å². The molecule has 0 amide bonds. The molecule has 0 bridgehead atoms. The van der Waals surface area contributed by atoms with E-state index in [1.807, 2.05) is 0 Å². The van der Waals surface area contributed by atoms with E-state index in [1.54, 1.807) is 0 Å². The van der Waals surface area contributed by atoms with Crippen LogP contribution in [0.4, 0.5) is 0 Å². The third-order valence-corrected chi connectivity index (χ3v) is 2.63. The van der Waals surface area contributed by atoms with Crippen molar-refractivity contribution in [3.63, 3.8) is 0 Å². The molecule has 0 aromatic heterocycles. The molecular formula is C13H27O2. The summed E-state index contributed by atoms with van der Waals surface area (Å²) in [5, 5.41) is 10.4. The molecule has 2 heteroatoms. The predicted molar refractivity (Wildman–Crippen MR) is 63.6 cm³/mol. The van der Waals surface area contributed by atoms with E-state index in [-0.39, 0.29) is 6.61 Å². The van der Waals surface area contributed by atoms with Gasteiger partial charge in [-0.3, -0.25) is 0 Å². The third kappa shape index (κ3) is 10.2. The van der Waals surface area contributed by atoms with Gasteiger partial charge in [0.05, 0.1) is 12.7 Å². The second-order valence-electron chi connectivity index (χ2n) is 4.19. The summed E-state index contributed by atoms with van der Waals surface area (Å²) in [5.41, 5.74) is 0. The van der Waals surface area contributed by atoms with Crippen molar-refractivity contribution in [2.24, 2.45) is 0 Å². The highest BCUT2D eigenvalue weighted by atomic mass is 16.5. The van der Waals surface area contributed by atoms with Crippen molar-refractivity contribution in [2.75, 3.05) is 13.2 Å². The van der Waals surface area contributed by atoms with Crippen LogP contribution in [-0.2, 0) is 9.84 Å². The van der Waals surface area contributed by atoms with E-state index in [9.17, 15) is 5.11 Å². The zero-order chi connectivity index (χ0) is 11.4. The normalized spacial score (nSPS) is 13.0. The number of unbranched alkanes of at least 4 members (excludes halogenated alkanes) is 3. The van der Waals surface area contributed by atoms with Crippen LogP contribution in [0.15, 0.2) is 0 Å². The van der Waals surface area contributed by atoms with E-state index in [0.717, 1.165) is 32.3 Å². The van der Waals surface area contributed by atoms with Crippen LogP contribution >= 0.6 is 0 Å². The van der Waals surface area contributed by atoms with Gasteiger partial charge < -0.3 is 4.74 Å². The highest BCUT2D eigenvalue weighted by molar-refractivity contribution is 4.57. The number of ether oxygens (including phenoxy) is 1. The lowest BCUT2D eigenvalue weighted by molar-refractivity contribution is 0.0316. The van der Waals surface area contributed by atoms with Crippen molar-refractivity contribution in [2.45, 2.75) is 71.3 Å². The molecule has 15 heavy (non-hydrogen) atoms. The van der Waals surface area contributed by atoms with Gasteiger partial charge in [0, 0.05) is 6.61 Å². The van der Waals surface area contributed by atoms with E-state index in [0.29, 0.717) is 6.10 Å². The second kappa shape index (κ2) is 12.0. The van der Waals surface area contributed by atoms with Gasteiger partial charge in [0.1, 0.15) is 0 Å². The van der Waals surface area contributed by atoms with E-state index in [4.69, 9.17) is 4.74 Å². The molecule has 0 spiro atoms. The maximum absolute atomic E-state index is 10.4. The summed E-state index contributed by atoms with van der Waals surface area (Å²) in [4.78, 5) is 0. The summed E-state index contributed by atoms with van der Waals surface area (Å²) >= 11 is 0. The van der Waals surface area contributed by atoms with E-state index >= 15 is 0 Å². The van der Waals surface area contributed by atoms with Crippen molar-refractivity contribution < 1.29 is 9.84 Å². The van der Waals surface area contributed by atoms with Crippen LogP contribution in [0, 0.1) is 0 Å². The Morgan fingerprint density at radius 2 is 1.73 bits per heavy atom. The molecule has 0 aliphatic carbocycles. The maximum atomic E-state index is 10.4. The molecule has 0 aromatic carbocycles. The van der Waals surface area contributed by atoms with E-state index in [2.05, 4.69) is 13.8 Å². The topological polar surface area (TPSA) is 29.1 Å². The number of hydrogen-bond donors (Lipinski definition) is 0. The van der Waals surface area contributed by atoms with Gasteiger partial charge in [-0.05, 0) is 25.7 Å². The molecule has 0 fully saturated rings. The zero-order valence-electron chi connectivity index (χ0n) is 10.5. The molecule has 0 N–H and O–H groups in total. The molecule has 1 unspecified atom stereocenters.